The number of hydrogen-bond acceptors (Lipinski definition) is 3. The van der Waals surface area contributed by atoms with E-state index < -0.39 is 23.1 Å². The Hall–Kier alpha value is -2.37. The van der Waals surface area contributed by atoms with Gasteiger partial charge >= 0.3 is 6.18 Å². The second-order valence-corrected chi connectivity index (χ2v) is 3.98. The molecule has 0 atom stereocenters. The van der Waals surface area contributed by atoms with E-state index in [1.54, 1.807) is 0 Å². The Morgan fingerprint density at radius 3 is 2.35 bits per heavy atom. The zero-order valence-corrected chi connectivity index (χ0v) is 10.4. The molecule has 0 saturated carbocycles. The number of nitrogens with zero attached hydrogens (tertiary/aromatic N) is 1. The summed E-state index contributed by atoms with van der Waals surface area (Å²) >= 11 is 0. The van der Waals surface area contributed by atoms with Crippen LogP contribution in [-0.2, 0) is 6.18 Å². The molecule has 0 saturated heterocycles. The maximum absolute atomic E-state index is 12.8. The molecule has 0 unspecified atom stereocenters. The maximum Gasteiger partial charge on any atom is 0.417 e. The lowest BCUT2D eigenvalue weighted by Gasteiger charge is -2.11. The van der Waals surface area contributed by atoms with Crippen molar-refractivity contribution >= 4 is 5.78 Å². The number of alkyl halides is 3. The number of rotatable bonds is 3. The number of ketones is 1. The number of ether oxygens (including phenoxy) is 1. The number of pyridine rings is 1. The Morgan fingerprint density at radius 2 is 1.80 bits per heavy atom. The Labute approximate surface area is 113 Å². The Kier molecular flexibility index (Phi) is 3.74. The van der Waals surface area contributed by atoms with Crippen molar-refractivity contribution in [1.82, 2.24) is 4.98 Å². The molecule has 104 valence electrons. The van der Waals surface area contributed by atoms with Crippen LogP contribution in [0.25, 0.3) is 0 Å². The van der Waals surface area contributed by atoms with Crippen molar-refractivity contribution in [3.63, 3.8) is 0 Å². The summed E-state index contributed by atoms with van der Waals surface area (Å²) in [6.45, 7) is 0. The molecule has 0 aliphatic carbocycles. The van der Waals surface area contributed by atoms with Gasteiger partial charge in [0.15, 0.2) is 5.78 Å². The van der Waals surface area contributed by atoms with Crippen LogP contribution < -0.4 is 4.74 Å². The van der Waals surface area contributed by atoms with Crippen LogP contribution in [0.1, 0.15) is 21.5 Å². The zero-order valence-electron chi connectivity index (χ0n) is 10.4. The fraction of sp³-hybridized carbons (Fsp3) is 0.143. The van der Waals surface area contributed by atoms with Gasteiger partial charge in [0.2, 0.25) is 0 Å². The molecule has 0 aliphatic heterocycles. The molecule has 0 N–H and O–H groups in total. The number of halogens is 3. The molecule has 6 heteroatoms. The quantitative estimate of drug-likeness (QED) is 0.810. The van der Waals surface area contributed by atoms with E-state index >= 15 is 0 Å². The fourth-order valence-corrected chi connectivity index (χ4v) is 1.72. The lowest BCUT2D eigenvalue weighted by Crippen LogP contribution is -2.14. The molecule has 20 heavy (non-hydrogen) atoms. The van der Waals surface area contributed by atoms with Gasteiger partial charge in [0.25, 0.3) is 0 Å². The van der Waals surface area contributed by atoms with Gasteiger partial charge in [-0.3, -0.25) is 9.78 Å². The summed E-state index contributed by atoms with van der Waals surface area (Å²) in [5.74, 6) is -0.211. The molecule has 0 bridgehead atoms. The molecule has 0 amide bonds. The van der Waals surface area contributed by atoms with Crippen LogP contribution in [0.5, 0.6) is 5.75 Å². The summed E-state index contributed by atoms with van der Waals surface area (Å²) in [4.78, 5) is 15.7. The minimum absolute atomic E-state index is 0.143. The van der Waals surface area contributed by atoms with Crippen molar-refractivity contribution in [2.45, 2.75) is 6.18 Å². The molecule has 0 spiro atoms. The van der Waals surface area contributed by atoms with Gasteiger partial charge < -0.3 is 4.74 Å². The van der Waals surface area contributed by atoms with E-state index in [0.29, 0.717) is 5.75 Å². The molecule has 2 aromatic rings. The maximum atomic E-state index is 12.8. The molecule has 1 aromatic heterocycles. The smallest absolute Gasteiger partial charge is 0.417 e. The van der Waals surface area contributed by atoms with Gasteiger partial charge in [-0.05, 0) is 30.3 Å². The van der Waals surface area contributed by atoms with Crippen LogP contribution in [0.15, 0.2) is 42.7 Å². The van der Waals surface area contributed by atoms with Crippen LogP contribution in [0.2, 0.25) is 0 Å². The van der Waals surface area contributed by atoms with Crippen molar-refractivity contribution in [1.29, 1.82) is 0 Å². The summed E-state index contributed by atoms with van der Waals surface area (Å²) in [7, 11) is 1.46. The van der Waals surface area contributed by atoms with Gasteiger partial charge in [0.05, 0.1) is 18.2 Å². The third kappa shape index (κ3) is 2.79. The first-order chi connectivity index (χ1) is 9.43. The summed E-state index contributed by atoms with van der Waals surface area (Å²) in [5.41, 5.74) is -1.32. The summed E-state index contributed by atoms with van der Waals surface area (Å²) in [5, 5.41) is 0. The summed E-state index contributed by atoms with van der Waals surface area (Å²) < 4.78 is 43.5. The van der Waals surface area contributed by atoms with E-state index in [0.717, 1.165) is 18.5 Å². The normalized spacial score (nSPS) is 11.2. The summed E-state index contributed by atoms with van der Waals surface area (Å²) in [6, 6.07) is 6.63. The summed E-state index contributed by atoms with van der Waals surface area (Å²) in [6.07, 6.45) is -2.66. The van der Waals surface area contributed by atoms with E-state index in [2.05, 4.69) is 4.98 Å². The van der Waals surface area contributed by atoms with E-state index in [9.17, 15) is 18.0 Å². The molecular formula is C14H10F3NO2. The average Bonchev–Trinajstić information content (AvgIpc) is 2.46. The predicted octanol–water partition coefficient (Wildman–Crippen LogP) is 3.34. The first kappa shape index (κ1) is 14.0. The van der Waals surface area contributed by atoms with Gasteiger partial charge in [-0.15, -0.1) is 0 Å². The molecule has 1 heterocycles. The molecule has 0 fully saturated rings. The number of carbonyl (C=O) groups is 1. The van der Waals surface area contributed by atoms with Crippen LogP contribution in [0, 0.1) is 0 Å². The lowest BCUT2D eigenvalue weighted by atomic mass is 10.00. The third-order valence-electron chi connectivity index (χ3n) is 2.72. The highest BCUT2D eigenvalue weighted by Gasteiger charge is 2.35. The van der Waals surface area contributed by atoms with Crippen molar-refractivity contribution in [2.24, 2.45) is 0 Å². The van der Waals surface area contributed by atoms with E-state index in [4.69, 9.17) is 4.74 Å². The van der Waals surface area contributed by atoms with Crippen molar-refractivity contribution in [2.75, 3.05) is 7.11 Å². The van der Waals surface area contributed by atoms with Gasteiger partial charge in [0, 0.05) is 18.0 Å². The van der Waals surface area contributed by atoms with E-state index in [1.165, 1.54) is 31.4 Å². The SMILES string of the molecule is COc1ccc(C(=O)c2cnccc2C(F)(F)F)cc1. The lowest BCUT2D eigenvalue weighted by molar-refractivity contribution is -0.137. The fourth-order valence-electron chi connectivity index (χ4n) is 1.72. The average molecular weight is 281 g/mol. The molecule has 0 aliphatic rings. The Bertz CT molecular complexity index is 621. The molecule has 2 rings (SSSR count). The van der Waals surface area contributed by atoms with Crippen LogP contribution in [0.3, 0.4) is 0 Å². The number of aromatic nitrogens is 1. The second kappa shape index (κ2) is 5.32. The minimum Gasteiger partial charge on any atom is -0.497 e. The highest BCUT2D eigenvalue weighted by atomic mass is 19.4. The molecule has 1 aromatic carbocycles. The zero-order chi connectivity index (χ0) is 14.8. The van der Waals surface area contributed by atoms with Gasteiger partial charge in [0.1, 0.15) is 5.75 Å². The monoisotopic (exact) mass is 281 g/mol. The minimum atomic E-state index is -4.60. The first-order valence-electron chi connectivity index (χ1n) is 5.63. The number of benzene rings is 1. The molecule has 3 nitrogen and oxygen atoms in total. The number of methoxy groups -OCH3 is 1. The standard InChI is InChI=1S/C14H10F3NO2/c1-20-10-4-2-9(3-5-10)13(19)11-8-18-7-6-12(11)14(15,16)17/h2-8H,1H3. The van der Waals surface area contributed by atoms with Crippen molar-refractivity contribution < 1.29 is 22.7 Å². The Balaban J connectivity index is 2.43. The highest BCUT2D eigenvalue weighted by Crippen LogP contribution is 2.32. The van der Waals surface area contributed by atoms with Crippen molar-refractivity contribution in [3.05, 3.63) is 59.4 Å². The van der Waals surface area contributed by atoms with Crippen molar-refractivity contribution in [3.8, 4) is 5.75 Å². The predicted molar refractivity (Wildman–Crippen MR) is 65.7 cm³/mol. The van der Waals surface area contributed by atoms with Crippen LogP contribution in [0.4, 0.5) is 13.2 Å². The van der Waals surface area contributed by atoms with Crippen LogP contribution in [-0.4, -0.2) is 17.9 Å². The topological polar surface area (TPSA) is 39.2 Å². The van der Waals surface area contributed by atoms with E-state index in [1.807, 2.05) is 0 Å². The van der Waals surface area contributed by atoms with Crippen LogP contribution >= 0.6 is 0 Å². The number of hydrogen-bond donors (Lipinski definition) is 0. The third-order valence-corrected chi connectivity index (χ3v) is 2.72. The van der Waals surface area contributed by atoms with Gasteiger partial charge in [-0.1, -0.05) is 0 Å². The first-order valence-corrected chi connectivity index (χ1v) is 5.63. The second-order valence-electron chi connectivity index (χ2n) is 3.98. The largest absolute Gasteiger partial charge is 0.497 e. The van der Waals surface area contributed by atoms with Gasteiger partial charge in [-0.25, -0.2) is 0 Å². The van der Waals surface area contributed by atoms with Gasteiger partial charge in [-0.2, -0.15) is 13.2 Å². The molecule has 0 radical (unpaired) electrons. The molecular weight excluding hydrogens is 271 g/mol. The number of carbonyl (C=O) groups excluding carboxylic acids is 1. The highest BCUT2D eigenvalue weighted by molar-refractivity contribution is 6.09. The van der Waals surface area contributed by atoms with E-state index in [-0.39, 0.29) is 5.56 Å². The Morgan fingerprint density at radius 1 is 1.15 bits per heavy atom.